The van der Waals surface area contributed by atoms with Crippen LogP contribution in [0.1, 0.15) is 64.0 Å². The summed E-state index contributed by atoms with van der Waals surface area (Å²) in [4.78, 5) is 51.6. The summed E-state index contributed by atoms with van der Waals surface area (Å²) in [6.45, 7) is 4.77. The number of amides is 3. The lowest BCUT2D eigenvalue weighted by Gasteiger charge is -2.26. The second-order valence-electron chi connectivity index (χ2n) is 13.0. The number of aromatic nitrogens is 2. The molecule has 0 bridgehead atoms. The van der Waals surface area contributed by atoms with Crippen molar-refractivity contribution in [3.8, 4) is 22.2 Å². The number of nitrogens with zero attached hydrogens (tertiary/aromatic N) is 3. The van der Waals surface area contributed by atoms with Gasteiger partial charge in [-0.25, -0.2) is 9.97 Å². The number of hydrogen-bond donors (Lipinski definition) is 2. The fraction of sp³-hybridized carbons (Fsp3) is 0.500. The largest absolute Gasteiger partial charge is 0.495 e. The molecule has 46 heavy (non-hydrogen) atoms. The van der Waals surface area contributed by atoms with Crippen molar-refractivity contribution >= 4 is 51.6 Å². The van der Waals surface area contributed by atoms with E-state index in [0.717, 1.165) is 30.0 Å². The summed E-state index contributed by atoms with van der Waals surface area (Å²) >= 11 is 8.26. The van der Waals surface area contributed by atoms with Gasteiger partial charge in [-0.15, -0.1) is 11.3 Å². The average molecular weight is 666 g/mol. The molecule has 5 atom stereocenters. The minimum Gasteiger partial charge on any atom is -0.495 e. The predicted molar refractivity (Wildman–Crippen MR) is 178 cm³/mol. The van der Waals surface area contributed by atoms with Crippen molar-refractivity contribution in [3.05, 3.63) is 46.4 Å². The van der Waals surface area contributed by atoms with Crippen LogP contribution in [0.4, 0.5) is 0 Å². The number of primary amides is 1. The van der Waals surface area contributed by atoms with Crippen LogP contribution in [0.2, 0.25) is 5.02 Å². The maximum Gasteiger partial charge on any atom is 0.243 e. The normalized spacial score (nSPS) is 27.5. The molecule has 0 unspecified atom stereocenters. The number of halogens is 1. The summed E-state index contributed by atoms with van der Waals surface area (Å²) in [5.41, 5.74) is 6.77. The van der Waals surface area contributed by atoms with Crippen molar-refractivity contribution in [2.45, 2.75) is 69.9 Å². The molecule has 1 aliphatic heterocycles. The molecule has 0 radical (unpaired) electrons. The number of allylic oxidation sites excluding steroid dienone is 1. The maximum absolute atomic E-state index is 13.9. The van der Waals surface area contributed by atoms with Crippen molar-refractivity contribution in [3.63, 3.8) is 0 Å². The van der Waals surface area contributed by atoms with E-state index in [-0.39, 0.29) is 23.7 Å². The first-order valence-corrected chi connectivity index (χ1v) is 17.1. The summed E-state index contributed by atoms with van der Waals surface area (Å²) in [6.07, 6.45) is 7.25. The van der Waals surface area contributed by atoms with Gasteiger partial charge in [0.25, 0.3) is 0 Å². The lowest BCUT2D eigenvalue weighted by atomic mass is 9.93. The number of ether oxygens (including phenoxy) is 2. The summed E-state index contributed by atoms with van der Waals surface area (Å²) in [5.74, 6) is -1.17. The van der Waals surface area contributed by atoms with Crippen molar-refractivity contribution in [1.82, 2.24) is 20.2 Å². The van der Waals surface area contributed by atoms with Gasteiger partial charge >= 0.3 is 0 Å². The van der Waals surface area contributed by atoms with Gasteiger partial charge in [-0.3, -0.25) is 14.4 Å². The zero-order chi connectivity index (χ0) is 32.7. The highest BCUT2D eigenvalue weighted by molar-refractivity contribution is 7.13. The Morgan fingerprint density at radius 1 is 1.17 bits per heavy atom. The number of thiazole rings is 1. The molecule has 2 aliphatic carbocycles. The number of hydrogen-bond acceptors (Lipinski definition) is 8. The molecule has 6 rings (SSSR count). The van der Waals surface area contributed by atoms with E-state index < -0.39 is 29.4 Å². The van der Waals surface area contributed by atoms with E-state index in [4.69, 9.17) is 36.8 Å². The summed E-state index contributed by atoms with van der Waals surface area (Å²) in [5, 5.41) is 6.75. The quantitative estimate of drug-likeness (QED) is 0.333. The molecular weight excluding hydrogens is 626 g/mol. The molecule has 2 fully saturated rings. The smallest absolute Gasteiger partial charge is 0.243 e. The standard InChI is InChI=1S/C34H40ClN5O5S/c1-18(2)25-17-46-31(38-25)24-15-27(21-10-11-26(44-4)28(35)29(21)37-24)45-20-13-22-23(14-20)32(42)40(3)12-8-6-5-7-9-19-16-34(19,33(36)43)39-30(22)41/h7,9-11,15,17-20,22-23H,5-6,8,12-14,16H2,1-4H3,(H2,36,43)(H,39,41)/b9-7-/t19-,20-,22-,23-,34-/m1/s1. The zero-order valence-corrected chi connectivity index (χ0v) is 28.1. The van der Waals surface area contributed by atoms with Crippen LogP contribution in [0.25, 0.3) is 21.6 Å². The van der Waals surface area contributed by atoms with Crippen LogP contribution in [0, 0.1) is 17.8 Å². The van der Waals surface area contributed by atoms with E-state index in [1.54, 1.807) is 25.1 Å². The third kappa shape index (κ3) is 6.07. The number of benzene rings is 1. The lowest BCUT2D eigenvalue weighted by molar-refractivity contribution is -0.140. The Hall–Kier alpha value is -3.70. The minimum absolute atomic E-state index is 0.101. The number of nitrogens with two attached hydrogens (primary N) is 1. The van der Waals surface area contributed by atoms with Gasteiger partial charge < -0.3 is 25.4 Å². The molecule has 2 saturated carbocycles. The van der Waals surface area contributed by atoms with Crippen LogP contribution in [0.3, 0.4) is 0 Å². The van der Waals surface area contributed by atoms with Crippen LogP contribution < -0.4 is 20.5 Å². The Morgan fingerprint density at radius 2 is 1.96 bits per heavy atom. The van der Waals surface area contributed by atoms with Crippen LogP contribution in [-0.4, -0.2) is 64.9 Å². The van der Waals surface area contributed by atoms with E-state index in [1.807, 2.05) is 29.7 Å². The highest BCUT2D eigenvalue weighted by atomic mass is 35.5. The van der Waals surface area contributed by atoms with Gasteiger partial charge in [0.2, 0.25) is 17.7 Å². The second-order valence-corrected chi connectivity index (χ2v) is 14.2. The van der Waals surface area contributed by atoms with E-state index >= 15 is 0 Å². The average Bonchev–Trinajstić information content (AvgIpc) is 3.33. The van der Waals surface area contributed by atoms with E-state index in [1.165, 1.54) is 11.3 Å². The molecule has 2 aromatic heterocycles. The molecule has 0 saturated heterocycles. The maximum atomic E-state index is 13.9. The first-order valence-electron chi connectivity index (χ1n) is 15.9. The minimum atomic E-state index is -1.12. The van der Waals surface area contributed by atoms with Gasteiger partial charge in [0.05, 0.1) is 30.2 Å². The van der Waals surface area contributed by atoms with Crippen LogP contribution in [0.15, 0.2) is 35.7 Å². The van der Waals surface area contributed by atoms with Crippen molar-refractivity contribution in [1.29, 1.82) is 0 Å². The van der Waals surface area contributed by atoms with Gasteiger partial charge in [-0.05, 0) is 56.6 Å². The van der Waals surface area contributed by atoms with Crippen LogP contribution >= 0.6 is 22.9 Å². The summed E-state index contributed by atoms with van der Waals surface area (Å²) in [6, 6.07) is 5.47. The summed E-state index contributed by atoms with van der Waals surface area (Å²) in [7, 11) is 3.33. The third-order valence-electron chi connectivity index (χ3n) is 9.53. The van der Waals surface area contributed by atoms with Gasteiger partial charge in [-0.2, -0.15) is 0 Å². The Bertz CT molecular complexity index is 1710. The van der Waals surface area contributed by atoms with E-state index in [0.29, 0.717) is 58.9 Å². The fourth-order valence-electron chi connectivity index (χ4n) is 6.66. The first kappa shape index (κ1) is 32.2. The Morgan fingerprint density at radius 3 is 2.67 bits per heavy atom. The Kier molecular flexibility index (Phi) is 9.00. The topological polar surface area (TPSA) is 137 Å². The number of methoxy groups -OCH3 is 1. The number of carbonyl (C=O) groups is 3. The number of rotatable bonds is 6. The zero-order valence-electron chi connectivity index (χ0n) is 26.5. The van der Waals surface area contributed by atoms with Gasteiger partial charge in [0.1, 0.15) is 38.9 Å². The molecule has 3 N–H and O–H groups in total. The Balaban J connectivity index is 1.35. The molecule has 3 heterocycles. The molecule has 1 aromatic carbocycles. The molecule has 3 aliphatic rings. The Labute approximate surface area is 277 Å². The first-order chi connectivity index (χ1) is 22.0. The monoisotopic (exact) mass is 665 g/mol. The van der Waals surface area contributed by atoms with Crippen molar-refractivity contribution in [2.75, 3.05) is 20.7 Å². The second kappa shape index (κ2) is 12.8. The van der Waals surface area contributed by atoms with Gasteiger partial charge in [-0.1, -0.05) is 37.6 Å². The van der Waals surface area contributed by atoms with Crippen molar-refractivity contribution in [2.24, 2.45) is 23.5 Å². The highest BCUT2D eigenvalue weighted by Gasteiger charge is 2.60. The number of fused-ring (bicyclic) bond motifs is 3. The molecule has 3 amide bonds. The lowest BCUT2D eigenvalue weighted by Crippen LogP contribution is -2.51. The van der Waals surface area contributed by atoms with Crippen LogP contribution in [0.5, 0.6) is 11.5 Å². The van der Waals surface area contributed by atoms with E-state index in [2.05, 4.69) is 19.2 Å². The summed E-state index contributed by atoms with van der Waals surface area (Å²) < 4.78 is 12.2. The molecule has 3 aromatic rings. The molecular formula is C34H40ClN5O5S. The van der Waals surface area contributed by atoms with Crippen molar-refractivity contribution < 1.29 is 23.9 Å². The molecule has 244 valence electrons. The highest BCUT2D eigenvalue weighted by Crippen LogP contribution is 2.47. The fourth-order valence-corrected chi connectivity index (χ4v) is 7.88. The number of pyridine rings is 1. The SMILES string of the molecule is COc1ccc2c(O[C@@H]3C[C@H]4C(=O)N[C@]5(C(N)=O)C[C@H]5/C=C\CCCCN(C)C(=O)[C@@H]4C3)cc(-c3nc(C(C)C)cs3)nc2c1Cl. The third-order valence-corrected chi connectivity index (χ3v) is 10.8. The number of carbonyl (C=O) groups excluding carboxylic acids is 3. The van der Waals surface area contributed by atoms with Crippen LogP contribution in [-0.2, 0) is 14.4 Å². The molecule has 0 spiro atoms. The van der Waals surface area contributed by atoms with E-state index in [9.17, 15) is 14.4 Å². The van der Waals surface area contributed by atoms with Gasteiger partial charge in [0.15, 0.2) is 0 Å². The molecule has 10 nitrogen and oxygen atoms in total. The molecule has 12 heteroatoms. The predicted octanol–water partition coefficient (Wildman–Crippen LogP) is 5.48. The van der Waals surface area contributed by atoms with Gasteiger partial charge in [0, 0.05) is 36.3 Å². The number of nitrogens with one attached hydrogen (secondary N) is 1.